The van der Waals surface area contributed by atoms with Crippen molar-refractivity contribution >= 4 is 21.8 Å². The monoisotopic (exact) mass is 331 g/mol. The molecule has 1 aliphatic heterocycles. The third-order valence-corrected chi connectivity index (χ3v) is 4.75. The fourth-order valence-electron chi connectivity index (χ4n) is 2.18. The number of carbonyl (C=O) groups is 1. The summed E-state index contributed by atoms with van der Waals surface area (Å²) < 4.78 is 25.9. The van der Waals surface area contributed by atoms with Gasteiger partial charge in [0.25, 0.3) is 0 Å². The molecule has 1 aromatic rings. The Hall–Kier alpha value is -0.970. The number of carbonyl (C=O) groups excluding carboxylic acids is 1. The molecule has 0 spiro atoms. The van der Waals surface area contributed by atoms with Crippen LogP contribution in [0.1, 0.15) is 18.9 Å². The Morgan fingerprint density at radius 3 is 2.79 bits per heavy atom. The van der Waals surface area contributed by atoms with Gasteiger partial charge in [-0.05, 0) is 30.0 Å². The van der Waals surface area contributed by atoms with Gasteiger partial charge in [-0.3, -0.25) is 4.79 Å². The van der Waals surface area contributed by atoms with Crippen LogP contribution in [0.25, 0.3) is 0 Å². The molecule has 1 aliphatic rings. The maximum atomic E-state index is 13.1. The molecule has 104 valence electrons. The van der Waals surface area contributed by atoms with Crippen molar-refractivity contribution < 1.29 is 13.6 Å². The quantitative estimate of drug-likeness (QED) is 0.762. The van der Waals surface area contributed by atoms with E-state index in [1.54, 1.807) is 4.90 Å². The molecular weight excluding hydrogens is 316 g/mol. The molecule has 0 radical (unpaired) electrons. The predicted molar refractivity (Wildman–Crippen MR) is 73.1 cm³/mol. The minimum atomic E-state index is -0.907. The number of hydrogen-bond acceptors (Lipinski definition) is 1. The van der Waals surface area contributed by atoms with E-state index in [0.717, 1.165) is 25.1 Å². The Labute approximate surface area is 119 Å². The van der Waals surface area contributed by atoms with Crippen molar-refractivity contribution in [1.29, 1.82) is 0 Å². The predicted octanol–water partition coefficient (Wildman–Crippen LogP) is 3.14. The van der Waals surface area contributed by atoms with E-state index in [1.165, 1.54) is 6.07 Å². The molecule has 19 heavy (non-hydrogen) atoms. The lowest BCUT2D eigenvalue weighted by Crippen LogP contribution is -2.44. The lowest BCUT2D eigenvalue weighted by atomic mass is 9.98. The first kappa shape index (κ1) is 14.4. The van der Waals surface area contributed by atoms with Crippen LogP contribution in [0.2, 0.25) is 0 Å². The molecule has 1 aromatic carbocycles. The summed E-state index contributed by atoms with van der Waals surface area (Å²) in [5.74, 6) is -1.28. The third-order valence-electron chi connectivity index (χ3n) is 3.56. The highest BCUT2D eigenvalue weighted by Gasteiger charge is 2.26. The van der Waals surface area contributed by atoms with Crippen LogP contribution in [-0.4, -0.2) is 28.7 Å². The fourth-order valence-corrected chi connectivity index (χ4v) is 2.80. The van der Waals surface area contributed by atoms with Crippen molar-refractivity contribution in [2.75, 3.05) is 13.1 Å². The van der Waals surface area contributed by atoms with Crippen LogP contribution in [0.3, 0.4) is 0 Å². The molecule has 0 N–H and O–H groups in total. The van der Waals surface area contributed by atoms with E-state index in [-0.39, 0.29) is 12.3 Å². The Kier molecular flexibility index (Phi) is 4.55. The molecule has 0 aromatic heterocycles. The van der Waals surface area contributed by atoms with Gasteiger partial charge >= 0.3 is 0 Å². The zero-order valence-corrected chi connectivity index (χ0v) is 12.3. The van der Waals surface area contributed by atoms with Crippen molar-refractivity contribution in [1.82, 2.24) is 4.90 Å². The number of rotatable bonds is 2. The van der Waals surface area contributed by atoms with Crippen molar-refractivity contribution in [2.24, 2.45) is 5.92 Å². The number of hydrogen-bond donors (Lipinski definition) is 0. The van der Waals surface area contributed by atoms with Crippen molar-refractivity contribution in [2.45, 2.75) is 24.6 Å². The van der Waals surface area contributed by atoms with Crippen LogP contribution in [0, 0.1) is 17.6 Å². The summed E-state index contributed by atoms with van der Waals surface area (Å²) in [6, 6.07) is 3.60. The first-order valence-electron chi connectivity index (χ1n) is 6.33. The van der Waals surface area contributed by atoms with Crippen LogP contribution < -0.4 is 0 Å². The maximum absolute atomic E-state index is 13.1. The van der Waals surface area contributed by atoms with E-state index in [0.29, 0.717) is 22.9 Å². The topological polar surface area (TPSA) is 20.3 Å². The molecule has 0 aliphatic carbocycles. The largest absolute Gasteiger partial charge is 0.341 e. The molecule has 5 heteroatoms. The summed E-state index contributed by atoms with van der Waals surface area (Å²) in [5, 5.41) is 0. The molecule has 1 saturated heterocycles. The first-order chi connectivity index (χ1) is 8.97. The summed E-state index contributed by atoms with van der Waals surface area (Å²) in [6.07, 6.45) is 1.07. The summed E-state index contributed by atoms with van der Waals surface area (Å²) in [4.78, 5) is 14.2. The van der Waals surface area contributed by atoms with Crippen LogP contribution in [0.15, 0.2) is 18.2 Å². The Bertz CT molecular complexity index is 481. The van der Waals surface area contributed by atoms with E-state index in [1.807, 2.05) is 0 Å². The highest BCUT2D eigenvalue weighted by molar-refractivity contribution is 9.09. The van der Waals surface area contributed by atoms with Gasteiger partial charge in [-0.2, -0.15) is 0 Å². The van der Waals surface area contributed by atoms with Gasteiger partial charge in [0, 0.05) is 17.9 Å². The van der Waals surface area contributed by atoms with E-state index < -0.39 is 11.6 Å². The molecule has 2 unspecified atom stereocenters. The Morgan fingerprint density at radius 2 is 2.16 bits per heavy atom. The molecular formula is C14H16BrF2NO. The number of alkyl halides is 1. The van der Waals surface area contributed by atoms with E-state index in [9.17, 15) is 13.6 Å². The van der Waals surface area contributed by atoms with Gasteiger partial charge in [0.05, 0.1) is 6.42 Å². The fraction of sp³-hybridized carbons (Fsp3) is 0.500. The smallest absolute Gasteiger partial charge is 0.227 e. The van der Waals surface area contributed by atoms with Gasteiger partial charge in [0.2, 0.25) is 5.91 Å². The minimum Gasteiger partial charge on any atom is -0.341 e. The number of likely N-dealkylation sites (tertiary alicyclic amines) is 1. The Morgan fingerprint density at radius 1 is 1.42 bits per heavy atom. The van der Waals surface area contributed by atoms with Gasteiger partial charge in [-0.15, -0.1) is 0 Å². The molecule has 1 heterocycles. The third kappa shape index (κ3) is 3.53. The normalized spacial score (nSPS) is 23.5. The highest BCUT2D eigenvalue weighted by Crippen LogP contribution is 2.23. The number of nitrogens with zero attached hydrogens (tertiary/aromatic N) is 1. The number of piperidine rings is 1. The summed E-state index contributed by atoms with van der Waals surface area (Å²) in [7, 11) is 0. The van der Waals surface area contributed by atoms with Gasteiger partial charge in [-0.1, -0.05) is 28.9 Å². The average Bonchev–Trinajstić information content (AvgIpc) is 2.37. The van der Waals surface area contributed by atoms with Gasteiger partial charge in [0.1, 0.15) is 0 Å². The standard InChI is InChI=1S/C14H16BrF2NO/c1-9-4-5-18(8-11(9)15)14(19)7-10-2-3-12(16)13(17)6-10/h2-3,6,9,11H,4-5,7-8H2,1H3. The number of amides is 1. The van der Waals surface area contributed by atoms with Crippen LogP contribution in [0.5, 0.6) is 0 Å². The second-order valence-electron chi connectivity index (χ2n) is 5.05. The van der Waals surface area contributed by atoms with Crippen molar-refractivity contribution in [3.05, 3.63) is 35.4 Å². The molecule has 2 nitrogen and oxygen atoms in total. The van der Waals surface area contributed by atoms with Gasteiger partial charge in [-0.25, -0.2) is 8.78 Å². The van der Waals surface area contributed by atoms with Crippen LogP contribution in [-0.2, 0) is 11.2 Å². The average molecular weight is 332 g/mol. The summed E-state index contributed by atoms with van der Waals surface area (Å²) in [6.45, 7) is 3.55. The van der Waals surface area contributed by atoms with E-state index >= 15 is 0 Å². The molecule has 1 amide bonds. The van der Waals surface area contributed by atoms with Crippen molar-refractivity contribution in [3.63, 3.8) is 0 Å². The maximum Gasteiger partial charge on any atom is 0.227 e. The highest BCUT2D eigenvalue weighted by atomic mass is 79.9. The van der Waals surface area contributed by atoms with Crippen LogP contribution in [0.4, 0.5) is 8.78 Å². The molecule has 0 saturated carbocycles. The van der Waals surface area contributed by atoms with E-state index in [2.05, 4.69) is 22.9 Å². The number of benzene rings is 1. The zero-order valence-electron chi connectivity index (χ0n) is 10.7. The molecule has 1 fully saturated rings. The number of halogens is 3. The lowest BCUT2D eigenvalue weighted by molar-refractivity contribution is -0.131. The summed E-state index contributed by atoms with van der Waals surface area (Å²) in [5.41, 5.74) is 0.508. The Balaban J connectivity index is 1.99. The molecule has 2 atom stereocenters. The first-order valence-corrected chi connectivity index (χ1v) is 7.24. The van der Waals surface area contributed by atoms with E-state index in [4.69, 9.17) is 0 Å². The second kappa shape index (κ2) is 5.99. The molecule has 0 bridgehead atoms. The van der Waals surface area contributed by atoms with Gasteiger partial charge < -0.3 is 4.90 Å². The lowest BCUT2D eigenvalue weighted by Gasteiger charge is -2.34. The zero-order chi connectivity index (χ0) is 14.0. The second-order valence-corrected chi connectivity index (χ2v) is 6.22. The molecule has 2 rings (SSSR count). The van der Waals surface area contributed by atoms with Crippen LogP contribution >= 0.6 is 15.9 Å². The summed E-state index contributed by atoms with van der Waals surface area (Å²) >= 11 is 3.57. The van der Waals surface area contributed by atoms with Gasteiger partial charge in [0.15, 0.2) is 11.6 Å². The van der Waals surface area contributed by atoms with Crippen molar-refractivity contribution in [3.8, 4) is 0 Å². The SMILES string of the molecule is CC1CCN(C(=O)Cc2ccc(F)c(F)c2)CC1Br. The minimum absolute atomic E-state index is 0.0395.